The van der Waals surface area contributed by atoms with Crippen LogP contribution in [0.5, 0.6) is 0 Å². The minimum atomic E-state index is 0.0881. The van der Waals surface area contributed by atoms with E-state index in [1.807, 2.05) is 0 Å². The van der Waals surface area contributed by atoms with Crippen molar-refractivity contribution in [2.75, 3.05) is 0 Å². The van der Waals surface area contributed by atoms with Crippen molar-refractivity contribution in [3.05, 3.63) is 107 Å². The summed E-state index contributed by atoms with van der Waals surface area (Å²) in [7, 11) is 0. The fourth-order valence-electron chi connectivity index (χ4n) is 4.21. The van der Waals surface area contributed by atoms with Crippen molar-refractivity contribution >= 4 is 0 Å². The molecular formula is C23H22. The zero-order valence-corrected chi connectivity index (χ0v) is 13.8. The number of rotatable bonds is 3. The van der Waals surface area contributed by atoms with Crippen LogP contribution in [0.25, 0.3) is 0 Å². The molecule has 1 aliphatic rings. The average molecular weight is 298 g/mol. The minimum absolute atomic E-state index is 0.0881. The summed E-state index contributed by atoms with van der Waals surface area (Å²) < 4.78 is 0. The molecule has 3 aromatic rings. The molecule has 0 unspecified atom stereocenters. The third-order valence-electron chi connectivity index (χ3n) is 5.66. The Hall–Kier alpha value is -2.34. The average Bonchev–Trinajstić information content (AvgIpc) is 3.26. The quantitative estimate of drug-likeness (QED) is 0.586. The molecule has 0 N–H and O–H groups in total. The zero-order chi connectivity index (χ0) is 15.9. The molecular weight excluding hydrogens is 276 g/mol. The topological polar surface area (TPSA) is 0 Å². The molecule has 0 aromatic heterocycles. The molecule has 1 aliphatic carbocycles. The van der Waals surface area contributed by atoms with Crippen LogP contribution in [0.3, 0.4) is 0 Å². The van der Waals surface area contributed by atoms with Crippen LogP contribution in [0.4, 0.5) is 0 Å². The highest BCUT2D eigenvalue weighted by molar-refractivity contribution is 5.57. The largest absolute Gasteiger partial charge is 0.0622 e. The van der Waals surface area contributed by atoms with E-state index in [0.717, 1.165) is 6.42 Å². The number of hydrogen-bond acceptors (Lipinski definition) is 0. The van der Waals surface area contributed by atoms with Gasteiger partial charge in [0.1, 0.15) is 0 Å². The molecule has 0 heteroatoms. The molecule has 0 bridgehead atoms. The van der Waals surface area contributed by atoms with Crippen LogP contribution in [0, 0.1) is 6.92 Å². The lowest BCUT2D eigenvalue weighted by molar-refractivity contribution is 0.652. The van der Waals surface area contributed by atoms with Gasteiger partial charge in [0, 0.05) is 10.8 Å². The van der Waals surface area contributed by atoms with Gasteiger partial charge in [-0.05, 0) is 30.0 Å². The lowest BCUT2D eigenvalue weighted by Gasteiger charge is -2.25. The first-order valence-corrected chi connectivity index (χ1v) is 8.35. The predicted molar refractivity (Wildman–Crippen MR) is 96.8 cm³/mol. The summed E-state index contributed by atoms with van der Waals surface area (Å²) in [5.41, 5.74) is 5.86. The van der Waals surface area contributed by atoms with Crippen LogP contribution < -0.4 is 0 Å². The first kappa shape index (κ1) is 14.3. The van der Waals surface area contributed by atoms with Gasteiger partial charge in [-0.25, -0.2) is 0 Å². The predicted octanol–water partition coefficient (Wildman–Crippen LogP) is 5.64. The summed E-state index contributed by atoms with van der Waals surface area (Å²) in [5, 5.41) is 0. The van der Waals surface area contributed by atoms with E-state index < -0.39 is 0 Å². The molecule has 0 aliphatic heterocycles. The van der Waals surface area contributed by atoms with E-state index in [1.54, 1.807) is 0 Å². The van der Waals surface area contributed by atoms with Crippen LogP contribution in [-0.4, -0.2) is 0 Å². The first-order chi connectivity index (χ1) is 11.2. The Morgan fingerprint density at radius 2 is 1.09 bits per heavy atom. The molecule has 0 amide bonds. The van der Waals surface area contributed by atoms with Crippen LogP contribution >= 0.6 is 0 Å². The van der Waals surface area contributed by atoms with E-state index in [-0.39, 0.29) is 10.8 Å². The highest BCUT2D eigenvalue weighted by atomic mass is 14.7. The molecule has 4 rings (SSSR count). The summed E-state index contributed by atoms with van der Waals surface area (Å²) in [5.74, 6) is 0. The Morgan fingerprint density at radius 3 is 1.57 bits per heavy atom. The van der Waals surface area contributed by atoms with Gasteiger partial charge < -0.3 is 0 Å². The highest BCUT2D eigenvalue weighted by Gasteiger charge is 2.66. The number of hydrogen-bond donors (Lipinski definition) is 0. The van der Waals surface area contributed by atoms with E-state index in [0.29, 0.717) is 0 Å². The lowest BCUT2D eigenvalue weighted by Crippen LogP contribution is -2.21. The van der Waals surface area contributed by atoms with Gasteiger partial charge in [0.15, 0.2) is 0 Å². The Morgan fingerprint density at radius 1 is 0.609 bits per heavy atom. The molecule has 0 heterocycles. The normalized spacial score (nSPS) is 21.8. The van der Waals surface area contributed by atoms with Crippen molar-refractivity contribution in [3.8, 4) is 0 Å². The van der Waals surface area contributed by atoms with Gasteiger partial charge in [0.25, 0.3) is 0 Å². The Kier molecular flexibility index (Phi) is 3.16. The third kappa shape index (κ3) is 2.05. The second-order valence-corrected chi connectivity index (χ2v) is 7.01. The molecule has 0 saturated heterocycles. The smallest absolute Gasteiger partial charge is 0.0306 e. The maximum atomic E-state index is 2.41. The molecule has 3 aromatic carbocycles. The fourth-order valence-corrected chi connectivity index (χ4v) is 4.21. The van der Waals surface area contributed by atoms with Gasteiger partial charge >= 0.3 is 0 Å². The Labute approximate surface area is 138 Å². The summed E-state index contributed by atoms with van der Waals surface area (Å²) in [6.07, 6.45) is 1.16. The van der Waals surface area contributed by atoms with E-state index >= 15 is 0 Å². The van der Waals surface area contributed by atoms with Gasteiger partial charge in [-0.2, -0.15) is 0 Å². The maximum absolute atomic E-state index is 2.41. The summed E-state index contributed by atoms with van der Waals surface area (Å²) in [4.78, 5) is 0. The maximum Gasteiger partial charge on any atom is 0.0306 e. The molecule has 114 valence electrons. The van der Waals surface area contributed by atoms with Gasteiger partial charge in [-0.15, -0.1) is 0 Å². The lowest BCUT2D eigenvalue weighted by atomic mass is 9.78. The van der Waals surface area contributed by atoms with Gasteiger partial charge in [0.2, 0.25) is 0 Å². The molecule has 1 atom stereocenters. The third-order valence-corrected chi connectivity index (χ3v) is 5.66. The second-order valence-electron chi connectivity index (χ2n) is 7.01. The Balaban J connectivity index is 1.88. The second kappa shape index (κ2) is 5.09. The Bertz CT molecular complexity index is 760. The van der Waals surface area contributed by atoms with Crippen molar-refractivity contribution in [1.82, 2.24) is 0 Å². The summed E-state index contributed by atoms with van der Waals surface area (Å²) in [6.45, 7) is 4.57. The standard InChI is InChI=1S/C23H22/c1-18-13-15-19(16-14-18)22(2)17-23(22,20-9-5-3-6-10-20)21-11-7-4-8-12-21/h3-16H,17H2,1-2H3/t22-/m1/s1. The molecule has 1 saturated carbocycles. The first-order valence-electron chi connectivity index (χ1n) is 8.35. The zero-order valence-electron chi connectivity index (χ0n) is 13.8. The molecule has 1 fully saturated rings. The minimum Gasteiger partial charge on any atom is -0.0622 e. The molecule has 0 radical (unpaired) electrons. The van der Waals surface area contributed by atoms with Gasteiger partial charge in [-0.1, -0.05) is 97.4 Å². The van der Waals surface area contributed by atoms with E-state index in [4.69, 9.17) is 0 Å². The molecule has 0 nitrogen and oxygen atoms in total. The van der Waals surface area contributed by atoms with Gasteiger partial charge in [-0.3, -0.25) is 0 Å². The van der Waals surface area contributed by atoms with E-state index in [1.165, 1.54) is 22.3 Å². The summed E-state index contributed by atoms with van der Waals surface area (Å²) >= 11 is 0. The fraction of sp³-hybridized carbons (Fsp3) is 0.217. The highest BCUT2D eigenvalue weighted by Crippen LogP contribution is 2.68. The van der Waals surface area contributed by atoms with Crippen LogP contribution in [0.2, 0.25) is 0 Å². The summed E-state index contributed by atoms with van der Waals surface area (Å²) in [6, 6.07) is 31.1. The van der Waals surface area contributed by atoms with Crippen LogP contribution in [0.15, 0.2) is 84.9 Å². The van der Waals surface area contributed by atoms with Crippen LogP contribution in [-0.2, 0) is 10.8 Å². The van der Waals surface area contributed by atoms with Crippen molar-refractivity contribution in [2.24, 2.45) is 0 Å². The van der Waals surface area contributed by atoms with Crippen molar-refractivity contribution in [2.45, 2.75) is 31.1 Å². The van der Waals surface area contributed by atoms with E-state index in [2.05, 4.69) is 98.8 Å². The number of benzene rings is 3. The SMILES string of the molecule is Cc1ccc([C@@]2(C)CC2(c2ccccc2)c2ccccc2)cc1. The van der Waals surface area contributed by atoms with Crippen molar-refractivity contribution in [3.63, 3.8) is 0 Å². The van der Waals surface area contributed by atoms with Gasteiger partial charge in [0.05, 0.1) is 0 Å². The van der Waals surface area contributed by atoms with Crippen LogP contribution in [0.1, 0.15) is 35.6 Å². The van der Waals surface area contributed by atoms with Crippen molar-refractivity contribution < 1.29 is 0 Å². The van der Waals surface area contributed by atoms with E-state index in [9.17, 15) is 0 Å². The number of aryl methyl sites for hydroxylation is 1. The molecule has 23 heavy (non-hydrogen) atoms. The van der Waals surface area contributed by atoms with Crippen molar-refractivity contribution in [1.29, 1.82) is 0 Å². The molecule has 0 spiro atoms. The monoisotopic (exact) mass is 298 g/mol.